The van der Waals surface area contributed by atoms with Crippen molar-refractivity contribution >= 4 is 15.9 Å². The number of hydrogen-bond acceptors (Lipinski definition) is 2. The average Bonchev–Trinajstić information content (AvgIpc) is 2.55. The third kappa shape index (κ3) is 4.53. The smallest absolute Gasteiger partial charge is 0.123 e. The summed E-state index contributed by atoms with van der Waals surface area (Å²) < 4.78 is 14.3. The molecule has 0 spiro atoms. The van der Waals surface area contributed by atoms with E-state index in [1.165, 1.54) is 17.7 Å². The lowest BCUT2D eigenvalue weighted by molar-refractivity contribution is 0.350. The molecule has 0 aliphatic heterocycles. The maximum atomic E-state index is 13.2. The number of nitrogens with two attached hydrogens (primary N) is 2. The summed E-state index contributed by atoms with van der Waals surface area (Å²) in [6.45, 7) is 5.91. The predicted octanol–water partition coefficient (Wildman–Crippen LogP) is 4.84. The van der Waals surface area contributed by atoms with Crippen LogP contribution in [0.5, 0.6) is 0 Å². The minimum Gasteiger partial charge on any atom is -0.327 e. The van der Waals surface area contributed by atoms with Gasteiger partial charge in [0, 0.05) is 16.1 Å². The van der Waals surface area contributed by atoms with Gasteiger partial charge in [0.05, 0.1) is 0 Å². The van der Waals surface area contributed by atoms with Gasteiger partial charge >= 0.3 is 0 Å². The molecule has 0 heterocycles. The van der Waals surface area contributed by atoms with Gasteiger partial charge in [0.15, 0.2) is 0 Å². The van der Waals surface area contributed by atoms with Gasteiger partial charge in [0.1, 0.15) is 5.82 Å². The van der Waals surface area contributed by atoms with E-state index < -0.39 is 5.54 Å². The van der Waals surface area contributed by atoms with Gasteiger partial charge in [-0.05, 0) is 54.2 Å². The summed E-state index contributed by atoms with van der Waals surface area (Å²) in [5.74, 6) is -0.112. The van der Waals surface area contributed by atoms with Crippen LogP contribution in [0.4, 0.5) is 4.39 Å². The lowest BCUT2D eigenvalue weighted by Gasteiger charge is -2.34. The Morgan fingerprint density at radius 2 is 1.75 bits per heavy atom. The molecule has 24 heavy (non-hydrogen) atoms. The van der Waals surface area contributed by atoms with E-state index in [0.717, 1.165) is 10.0 Å². The molecule has 0 bridgehead atoms. The second kappa shape index (κ2) is 8.06. The van der Waals surface area contributed by atoms with Crippen LogP contribution in [0.15, 0.2) is 65.7 Å². The lowest BCUT2D eigenvalue weighted by Crippen LogP contribution is -2.43. The Labute approximate surface area is 151 Å². The van der Waals surface area contributed by atoms with Gasteiger partial charge in [0.25, 0.3) is 0 Å². The summed E-state index contributed by atoms with van der Waals surface area (Å²) in [4.78, 5) is 0. The highest BCUT2D eigenvalue weighted by molar-refractivity contribution is 9.10. The van der Waals surface area contributed by atoms with E-state index >= 15 is 0 Å². The Morgan fingerprint density at radius 3 is 2.29 bits per heavy atom. The Bertz CT molecular complexity index is 669. The lowest BCUT2D eigenvalue weighted by atomic mass is 9.78. The molecule has 0 fully saturated rings. The van der Waals surface area contributed by atoms with Gasteiger partial charge in [-0.1, -0.05) is 53.2 Å². The Kier molecular flexibility index (Phi) is 6.33. The SMILES string of the molecule is C=CCC(N)(CC(N)[C@@H](C)c1ccc(Br)cc1)c1ccc(F)cc1. The van der Waals surface area contributed by atoms with Crippen LogP contribution in [0.25, 0.3) is 0 Å². The van der Waals surface area contributed by atoms with Gasteiger partial charge in [-0.25, -0.2) is 4.39 Å². The molecule has 128 valence electrons. The first-order chi connectivity index (χ1) is 11.4. The van der Waals surface area contributed by atoms with Crippen LogP contribution in [0.3, 0.4) is 0 Å². The van der Waals surface area contributed by atoms with E-state index in [1.54, 1.807) is 18.2 Å². The van der Waals surface area contributed by atoms with Crippen molar-refractivity contribution in [1.29, 1.82) is 0 Å². The van der Waals surface area contributed by atoms with E-state index in [2.05, 4.69) is 41.6 Å². The summed E-state index contributed by atoms with van der Waals surface area (Å²) >= 11 is 3.44. The van der Waals surface area contributed by atoms with Gasteiger partial charge in [-0.15, -0.1) is 6.58 Å². The van der Waals surface area contributed by atoms with Crippen molar-refractivity contribution in [2.75, 3.05) is 0 Å². The molecular formula is C20H24BrFN2. The van der Waals surface area contributed by atoms with Crippen molar-refractivity contribution in [3.05, 3.63) is 82.6 Å². The maximum absolute atomic E-state index is 13.2. The molecule has 2 nitrogen and oxygen atoms in total. The molecule has 2 unspecified atom stereocenters. The minimum absolute atomic E-state index is 0.124. The molecule has 0 aromatic heterocycles. The second-order valence-electron chi connectivity index (χ2n) is 6.36. The Balaban J connectivity index is 2.21. The molecule has 0 saturated carbocycles. The monoisotopic (exact) mass is 390 g/mol. The number of rotatable bonds is 7. The minimum atomic E-state index is -0.654. The summed E-state index contributed by atoms with van der Waals surface area (Å²) in [5, 5.41) is 0. The summed E-state index contributed by atoms with van der Waals surface area (Å²) in [7, 11) is 0. The fraction of sp³-hybridized carbons (Fsp3) is 0.300. The molecule has 2 aromatic carbocycles. The predicted molar refractivity (Wildman–Crippen MR) is 102 cm³/mol. The average molecular weight is 391 g/mol. The van der Waals surface area contributed by atoms with Crippen LogP contribution < -0.4 is 11.5 Å². The molecule has 0 aliphatic rings. The number of halogens is 2. The van der Waals surface area contributed by atoms with Crippen LogP contribution in [0.1, 0.15) is 36.8 Å². The number of hydrogen-bond donors (Lipinski definition) is 2. The van der Waals surface area contributed by atoms with Crippen LogP contribution in [-0.4, -0.2) is 6.04 Å². The number of benzene rings is 2. The van der Waals surface area contributed by atoms with Gasteiger partial charge in [-0.2, -0.15) is 0 Å². The second-order valence-corrected chi connectivity index (χ2v) is 7.28. The van der Waals surface area contributed by atoms with Crippen LogP contribution >= 0.6 is 15.9 Å². The normalized spacial score (nSPS) is 16.2. The topological polar surface area (TPSA) is 52.0 Å². The zero-order valence-corrected chi connectivity index (χ0v) is 15.5. The van der Waals surface area contributed by atoms with E-state index in [0.29, 0.717) is 12.8 Å². The fourth-order valence-corrected chi connectivity index (χ4v) is 3.23. The molecule has 0 saturated heterocycles. The standard InChI is InChI=1S/C20H24BrFN2/c1-3-12-20(24,16-6-10-18(22)11-7-16)13-19(23)14(2)15-4-8-17(21)9-5-15/h3-11,14,19H,1,12-13,23-24H2,2H3/t14-,19?,20?/m0/s1. The molecule has 4 N–H and O–H groups in total. The molecule has 2 rings (SSSR count). The highest BCUT2D eigenvalue weighted by atomic mass is 79.9. The summed E-state index contributed by atoms with van der Waals surface area (Å²) in [5.41, 5.74) is 14.5. The van der Waals surface area contributed by atoms with Crippen molar-refractivity contribution < 1.29 is 4.39 Å². The highest BCUT2D eigenvalue weighted by Gasteiger charge is 2.30. The van der Waals surface area contributed by atoms with Crippen molar-refractivity contribution in [3.8, 4) is 0 Å². The van der Waals surface area contributed by atoms with Crippen LogP contribution in [0.2, 0.25) is 0 Å². The molecule has 4 heteroatoms. The largest absolute Gasteiger partial charge is 0.327 e. The summed E-state index contributed by atoms with van der Waals surface area (Å²) in [6, 6.07) is 14.4. The van der Waals surface area contributed by atoms with E-state index in [-0.39, 0.29) is 17.8 Å². The summed E-state index contributed by atoms with van der Waals surface area (Å²) in [6.07, 6.45) is 2.96. The quantitative estimate of drug-likeness (QED) is 0.664. The van der Waals surface area contributed by atoms with E-state index in [4.69, 9.17) is 11.5 Å². The zero-order valence-electron chi connectivity index (χ0n) is 13.9. The molecule has 0 aliphatic carbocycles. The molecule has 3 atom stereocenters. The third-order valence-corrected chi connectivity index (χ3v) is 5.09. The van der Waals surface area contributed by atoms with Gasteiger partial charge in [0.2, 0.25) is 0 Å². The Hall–Kier alpha value is -1.49. The molecular weight excluding hydrogens is 367 g/mol. The first kappa shape index (κ1) is 18.8. The maximum Gasteiger partial charge on any atom is 0.123 e. The third-order valence-electron chi connectivity index (χ3n) is 4.57. The fourth-order valence-electron chi connectivity index (χ4n) is 2.97. The van der Waals surface area contributed by atoms with Crippen molar-refractivity contribution in [3.63, 3.8) is 0 Å². The zero-order chi connectivity index (χ0) is 17.7. The first-order valence-corrected chi connectivity index (χ1v) is 8.82. The van der Waals surface area contributed by atoms with E-state index in [1.807, 2.05) is 12.1 Å². The highest BCUT2D eigenvalue weighted by Crippen LogP contribution is 2.32. The van der Waals surface area contributed by atoms with Crippen LogP contribution in [0, 0.1) is 5.82 Å². The first-order valence-electron chi connectivity index (χ1n) is 8.02. The molecule has 2 aromatic rings. The van der Waals surface area contributed by atoms with Crippen LogP contribution in [-0.2, 0) is 5.54 Å². The molecule has 0 radical (unpaired) electrons. The Morgan fingerprint density at radius 1 is 1.17 bits per heavy atom. The van der Waals surface area contributed by atoms with Gasteiger partial charge < -0.3 is 11.5 Å². The molecule has 0 amide bonds. The van der Waals surface area contributed by atoms with Crippen molar-refractivity contribution in [1.82, 2.24) is 0 Å². The van der Waals surface area contributed by atoms with Gasteiger partial charge in [-0.3, -0.25) is 0 Å². The van der Waals surface area contributed by atoms with Crippen molar-refractivity contribution in [2.24, 2.45) is 11.5 Å². The van der Waals surface area contributed by atoms with E-state index in [9.17, 15) is 4.39 Å². The van der Waals surface area contributed by atoms with Crippen molar-refractivity contribution in [2.45, 2.75) is 37.3 Å².